The summed E-state index contributed by atoms with van der Waals surface area (Å²) in [6.45, 7) is 1.31. The number of nitrogens with zero attached hydrogens (tertiary/aromatic N) is 2. The summed E-state index contributed by atoms with van der Waals surface area (Å²) in [5.41, 5.74) is 4.22. The van der Waals surface area contributed by atoms with Crippen molar-refractivity contribution >= 4 is 34.5 Å². The molecule has 4 nitrogen and oxygen atoms in total. The maximum Gasteiger partial charge on any atom is 0.246 e. The fourth-order valence-electron chi connectivity index (χ4n) is 3.11. The molecule has 0 spiro atoms. The molecule has 0 radical (unpaired) electrons. The number of fused-ring (bicyclic) bond motifs is 3. The quantitative estimate of drug-likeness (QED) is 0.723. The topological polar surface area (TPSA) is 49.0 Å². The van der Waals surface area contributed by atoms with Crippen LogP contribution in [0.1, 0.15) is 17.0 Å². The Labute approximate surface area is 144 Å². The molecule has 3 heterocycles. The molecule has 1 aliphatic heterocycles. The fourth-order valence-corrected chi connectivity index (χ4v) is 3.28. The third-order valence-electron chi connectivity index (χ3n) is 4.33. The van der Waals surface area contributed by atoms with Gasteiger partial charge < -0.3 is 9.88 Å². The number of hydrogen-bond donors (Lipinski definition) is 1. The normalized spacial score (nSPS) is 14.3. The van der Waals surface area contributed by atoms with E-state index in [1.54, 1.807) is 18.3 Å². The van der Waals surface area contributed by atoms with E-state index in [1.807, 2.05) is 41.3 Å². The van der Waals surface area contributed by atoms with Gasteiger partial charge in [-0.25, -0.2) is 0 Å². The van der Waals surface area contributed by atoms with Gasteiger partial charge in [0.05, 0.1) is 5.69 Å². The molecule has 0 aliphatic carbocycles. The molecule has 24 heavy (non-hydrogen) atoms. The molecule has 4 rings (SSSR count). The Morgan fingerprint density at radius 3 is 3.04 bits per heavy atom. The van der Waals surface area contributed by atoms with Gasteiger partial charge in [-0.2, -0.15) is 0 Å². The van der Waals surface area contributed by atoms with Gasteiger partial charge in [0.25, 0.3) is 0 Å². The van der Waals surface area contributed by atoms with E-state index in [0.717, 1.165) is 23.0 Å². The summed E-state index contributed by atoms with van der Waals surface area (Å²) in [6, 6.07) is 11.5. The van der Waals surface area contributed by atoms with Crippen LogP contribution >= 0.6 is 11.6 Å². The number of hydrogen-bond acceptors (Lipinski definition) is 2. The smallest absolute Gasteiger partial charge is 0.246 e. The lowest BCUT2D eigenvalue weighted by Gasteiger charge is -2.26. The molecule has 3 aromatic rings. The summed E-state index contributed by atoms with van der Waals surface area (Å²) >= 11 is 6.12. The van der Waals surface area contributed by atoms with Crippen molar-refractivity contribution in [2.24, 2.45) is 0 Å². The predicted molar refractivity (Wildman–Crippen MR) is 95.7 cm³/mol. The maximum atomic E-state index is 12.5. The van der Waals surface area contributed by atoms with Crippen LogP contribution < -0.4 is 0 Å². The molecule has 120 valence electrons. The van der Waals surface area contributed by atoms with Crippen molar-refractivity contribution in [1.29, 1.82) is 0 Å². The number of halogens is 1. The number of aromatic amines is 1. The highest BCUT2D eigenvalue weighted by atomic mass is 35.5. The first-order valence-corrected chi connectivity index (χ1v) is 8.25. The first-order chi connectivity index (χ1) is 11.7. The molecule has 0 saturated heterocycles. The summed E-state index contributed by atoms with van der Waals surface area (Å²) in [5, 5.41) is 1.81. The molecule has 5 heteroatoms. The van der Waals surface area contributed by atoms with Gasteiger partial charge in [-0.05, 0) is 36.4 Å². The van der Waals surface area contributed by atoms with E-state index in [4.69, 9.17) is 11.6 Å². The Bertz CT molecular complexity index is 930. The van der Waals surface area contributed by atoms with Crippen LogP contribution in [-0.2, 0) is 17.8 Å². The molecular weight excluding hydrogens is 322 g/mol. The van der Waals surface area contributed by atoms with E-state index in [9.17, 15) is 4.79 Å². The van der Waals surface area contributed by atoms with Gasteiger partial charge in [0, 0.05) is 59.0 Å². The number of carbonyl (C=O) groups excluding carboxylic acids is 1. The predicted octanol–water partition coefficient (Wildman–Crippen LogP) is 3.81. The van der Waals surface area contributed by atoms with Crippen molar-refractivity contribution in [2.75, 3.05) is 6.54 Å². The van der Waals surface area contributed by atoms with Crippen LogP contribution in [0.4, 0.5) is 0 Å². The van der Waals surface area contributed by atoms with E-state index in [1.165, 1.54) is 11.3 Å². The van der Waals surface area contributed by atoms with E-state index in [2.05, 4.69) is 9.97 Å². The Morgan fingerprint density at radius 2 is 2.21 bits per heavy atom. The van der Waals surface area contributed by atoms with Gasteiger partial charge in [0.2, 0.25) is 5.91 Å². The lowest BCUT2D eigenvalue weighted by atomic mass is 10.0. The zero-order valence-corrected chi connectivity index (χ0v) is 13.8. The van der Waals surface area contributed by atoms with Crippen LogP contribution in [0.15, 0.2) is 48.7 Å². The van der Waals surface area contributed by atoms with Crippen molar-refractivity contribution < 1.29 is 4.79 Å². The van der Waals surface area contributed by atoms with E-state index < -0.39 is 0 Å². The molecule has 0 atom stereocenters. The Kier molecular flexibility index (Phi) is 3.82. The first kappa shape index (κ1) is 15.0. The van der Waals surface area contributed by atoms with Crippen LogP contribution in [-0.4, -0.2) is 27.3 Å². The van der Waals surface area contributed by atoms with Gasteiger partial charge >= 0.3 is 0 Å². The number of H-pyrrole nitrogens is 1. The monoisotopic (exact) mass is 337 g/mol. The molecule has 2 aromatic heterocycles. The molecule has 0 bridgehead atoms. The molecule has 1 aromatic carbocycles. The average Bonchev–Trinajstić information content (AvgIpc) is 2.97. The summed E-state index contributed by atoms with van der Waals surface area (Å²) in [5.74, 6) is 0.00248. The first-order valence-electron chi connectivity index (χ1n) is 7.88. The Morgan fingerprint density at radius 1 is 1.29 bits per heavy atom. The molecule has 1 aliphatic rings. The average molecular weight is 338 g/mol. The maximum absolute atomic E-state index is 12.5. The summed E-state index contributed by atoms with van der Waals surface area (Å²) < 4.78 is 0. The molecule has 1 amide bonds. The van der Waals surface area contributed by atoms with Crippen LogP contribution in [0.25, 0.3) is 17.0 Å². The molecule has 1 N–H and O–H groups in total. The minimum atomic E-state index is 0.00248. The van der Waals surface area contributed by atoms with Crippen LogP contribution in [0, 0.1) is 0 Å². The number of aromatic nitrogens is 2. The number of rotatable bonds is 2. The van der Waals surface area contributed by atoms with E-state index >= 15 is 0 Å². The van der Waals surface area contributed by atoms with Crippen molar-refractivity contribution in [2.45, 2.75) is 13.0 Å². The highest BCUT2D eigenvalue weighted by Gasteiger charge is 2.22. The minimum Gasteiger partial charge on any atom is -0.358 e. The van der Waals surface area contributed by atoms with E-state index in [0.29, 0.717) is 18.1 Å². The highest BCUT2D eigenvalue weighted by molar-refractivity contribution is 6.31. The van der Waals surface area contributed by atoms with Crippen LogP contribution in [0.3, 0.4) is 0 Å². The summed E-state index contributed by atoms with van der Waals surface area (Å²) in [4.78, 5) is 22.0. The number of amides is 1. The van der Waals surface area contributed by atoms with Gasteiger partial charge in [-0.3, -0.25) is 9.78 Å². The molecular formula is C19H16ClN3O. The van der Waals surface area contributed by atoms with E-state index in [-0.39, 0.29) is 5.91 Å². The lowest BCUT2D eigenvalue weighted by Crippen LogP contribution is -2.34. The minimum absolute atomic E-state index is 0.00248. The van der Waals surface area contributed by atoms with Crippen LogP contribution in [0.2, 0.25) is 5.02 Å². The van der Waals surface area contributed by atoms with Gasteiger partial charge in [0.15, 0.2) is 0 Å². The Hall–Kier alpha value is -2.59. The third kappa shape index (κ3) is 2.81. The standard InChI is InChI=1S/C19H16ClN3O/c20-13-4-6-17-15(11-13)16-12-23(10-8-18(16)22-17)19(24)7-5-14-3-1-2-9-21-14/h1-7,9,11,22H,8,10,12H2/b7-5+. The third-order valence-corrected chi connectivity index (χ3v) is 4.57. The van der Waals surface area contributed by atoms with Gasteiger partial charge in [-0.1, -0.05) is 17.7 Å². The zero-order valence-electron chi connectivity index (χ0n) is 13.0. The van der Waals surface area contributed by atoms with Crippen molar-refractivity contribution in [3.63, 3.8) is 0 Å². The Balaban J connectivity index is 1.57. The van der Waals surface area contributed by atoms with Gasteiger partial charge in [0.1, 0.15) is 0 Å². The second-order valence-corrected chi connectivity index (χ2v) is 6.31. The highest BCUT2D eigenvalue weighted by Crippen LogP contribution is 2.29. The summed E-state index contributed by atoms with van der Waals surface area (Å²) in [7, 11) is 0. The molecule has 0 saturated carbocycles. The molecule has 0 unspecified atom stereocenters. The number of carbonyl (C=O) groups is 1. The zero-order chi connectivity index (χ0) is 16.5. The second-order valence-electron chi connectivity index (χ2n) is 5.87. The van der Waals surface area contributed by atoms with Crippen LogP contribution in [0.5, 0.6) is 0 Å². The SMILES string of the molecule is O=C(/C=C/c1ccccn1)N1CCc2[nH]c3ccc(Cl)cc3c2C1. The summed E-state index contributed by atoms with van der Waals surface area (Å²) in [6.07, 6.45) is 5.89. The largest absolute Gasteiger partial charge is 0.358 e. The lowest BCUT2D eigenvalue weighted by molar-refractivity contribution is -0.126. The molecule has 0 fully saturated rings. The number of nitrogens with one attached hydrogen (secondary N) is 1. The fraction of sp³-hybridized carbons (Fsp3) is 0.158. The van der Waals surface area contributed by atoms with Gasteiger partial charge in [-0.15, -0.1) is 0 Å². The second kappa shape index (κ2) is 6.13. The van der Waals surface area contributed by atoms with Crippen molar-refractivity contribution in [1.82, 2.24) is 14.9 Å². The van der Waals surface area contributed by atoms with Crippen molar-refractivity contribution in [3.8, 4) is 0 Å². The number of pyridine rings is 1. The number of benzene rings is 1. The van der Waals surface area contributed by atoms with Crippen molar-refractivity contribution in [3.05, 3.63) is 70.6 Å².